The Morgan fingerprint density at radius 1 is 0.877 bits per heavy atom. The summed E-state index contributed by atoms with van der Waals surface area (Å²) in [6, 6.07) is 4.39. The fourth-order valence-electron chi connectivity index (χ4n) is 6.76. The molecule has 0 radical (unpaired) electrons. The first-order valence-electron chi connectivity index (χ1n) is 19.2. The van der Waals surface area contributed by atoms with E-state index in [2.05, 4.69) is 27.6 Å². The van der Waals surface area contributed by atoms with Crippen LogP contribution in [0, 0.1) is 6.92 Å². The normalized spacial score (nSPS) is 26.8. The quantitative estimate of drug-likeness (QED) is 0.0961. The van der Waals surface area contributed by atoms with Crippen LogP contribution in [0.1, 0.15) is 75.8 Å². The summed E-state index contributed by atoms with van der Waals surface area (Å²) >= 11 is 0. The molecular formula is C38H55F3N4O11S. The summed E-state index contributed by atoms with van der Waals surface area (Å²) in [5.74, 6) is -0.458. The summed E-state index contributed by atoms with van der Waals surface area (Å²) in [7, 11) is -4.42. The van der Waals surface area contributed by atoms with Crippen LogP contribution < -0.4 is 20.7 Å². The third-order valence-corrected chi connectivity index (χ3v) is 11.4. The lowest BCUT2D eigenvalue weighted by Gasteiger charge is -2.47. The molecular weight excluding hydrogens is 777 g/mol. The molecule has 2 saturated heterocycles. The van der Waals surface area contributed by atoms with Gasteiger partial charge in [0.15, 0.2) is 6.29 Å². The van der Waals surface area contributed by atoms with E-state index in [1.54, 1.807) is 19.1 Å². The van der Waals surface area contributed by atoms with Gasteiger partial charge in [-0.05, 0) is 43.7 Å². The highest BCUT2D eigenvalue weighted by molar-refractivity contribution is 7.89. The van der Waals surface area contributed by atoms with E-state index in [0.717, 1.165) is 68.7 Å². The number of hydrogen-bond acceptors (Lipinski definition) is 11. The number of alkyl halides is 3. The maximum atomic E-state index is 13.5. The summed E-state index contributed by atoms with van der Waals surface area (Å²) in [6.07, 6.45) is -6.35. The Morgan fingerprint density at radius 3 is 2.16 bits per heavy atom. The number of urea groups is 1. The van der Waals surface area contributed by atoms with E-state index >= 15 is 0 Å². The molecule has 19 heteroatoms. The molecule has 4 rings (SSSR count). The minimum Gasteiger partial charge on any atom is -0.394 e. The molecule has 2 fully saturated rings. The monoisotopic (exact) mass is 832 g/mol. The van der Waals surface area contributed by atoms with Gasteiger partial charge in [-0.3, -0.25) is 4.79 Å². The summed E-state index contributed by atoms with van der Waals surface area (Å²) < 4.78 is 87.5. The lowest BCUT2D eigenvalue weighted by molar-refractivity contribution is -0.292. The van der Waals surface area contributed by atoms with Gasteiger partial charge in [0.2, 0.25) is 15.9 Å². The van der Waals surface area contributed by atoms with Gasteiger partial charge in [-0.2, -0.15) is 13.2 Å². The Hall–Kier alpha value is -3.40. The lowest BCUT2D eigenvalue weighted by atomic mass is 9.93. The minimum absolute atomic E-state index is 0.0842. The van der Waals surface area contributed by atoms with Gasteiger partial charge in [-0.15, -0.1) is 0 Å². The number of amides is 3. The molecule has 0 bridgehead atoms. The predicted octanol–water partition coefficient (Wildman–Crippen LogP) is 3.08. The van der Waals surface area contributed by atoms with Crippen molar-refractivity contribution >= 4 is 27.6 Å². The molecule has 0 spiro atoms. The van der Waals surface area contributed by atoms with Crippen LogP contribution >= 0.6 is 0 Å². The molecule has 0 aliphatic carbocycles. The summed E-state index contributed by atoms with van der Waals surface area (Å²) in [4.78, 5) is 26.5. The molecule has 9 atom stereocenters. The van der Waals surface area contributed by atoms with Gasteiger partial charge in [-0.1, -0.05) is 75.6 Å². The Morgan fingerprint density at radius 2 is 1.53 bits per heavy atom. The molecule has 0 aromatic heterocycles. The molecule has 57 heavy (non-hydrogen) atoms. The smallest absolute Gasteiger partial charge is 0.394 e. The van der Waals surface area contributed by atoms with E-state index < -0.39 is 102 Å². The van der Waals surface area contributed by atoms with E-state index in [4.69, 9.17) is 14.2 Å². The van der Waals surface area contributed by atoms with Gasteiger partial charge in [0.1, 0.15) is 36.6 Å². The molecule has 0 saturated carbocycles. The zero-order valence-electron chi connectivity index (χ0n) is 32.0. The number of carbonyl (C=O) groups is 2. The number of sulfonamides is 1. The van der Waals surface area contributed by atoms with Crippen LogP contribution in [0.3, 0.4) is 0 Å². The second-order valence-electron chi connectivity index (χ2n) is 14.4. The number of rotatable bonds is 19. The van der Waals surface area contributed by atoms with Crippen LogP contribution in [-0.2, 0) is 35.2 Å². The summed E-state index contributed by atoms with van der Waals surface area (Å²) in [6.45, 7) is 2.02. The molecule has 2 aliphatic rings. The van der Waals surface area contributed by atoms with Gasteiger partial charge in [0, 0.05) is 12.1 Å². The number of ether oxygens (including phenoxy) is 3. The predicted molar refractivity (Wildman–Crippen MR) is 201 cm³/mol. The van der Waals surface area contributed by atoms with Crippen molar-refractivity contribution in [3.05, 3.63) is 59.7 Å². The van der Waals surface area contributed by atoms with E-state index in [9.17, 15) is 51.6 Å². The zero-order chi connectivity index (χ0) is 41.8. The van der Waals surface area contributed by atoms with E-state index in [1.165, 1.54) is 18.2 Å². The number of aryl methyl sites for hydroxylation is 1. The van der Waals surface area contributed by atoms with Crippen LogP contribution in [0.5, 0.6) is 0 Å². The van der Waals surface area contributed by atoms with Crippen LogP contribution in [0.25, 0.3) is 0 Å². The van der Waals surface area contributed by atoms with Gasteiger partial charge >= 0.3 is 12.2 Å². The molecule has 2 aromatic carbocycles. The highest BCUT2D eigenvalue weighted by atomic mass is 32.2. The van der Waals surface area contributed by atoms with Crippen LogP contribution in [0.4, 0.5) is 23.7 Å². The second-order valence-corrected chi connectivity index (χ2v) is 16.1. The van der Waals surface area contributed by atoms with E-state index in [1.807, 2.05) is 0 Å². The lowest BCUT2D eigenvalue weighted by Crippen LogP contribution is -2.70. The Kier molecular flexibility index (Phi) is 17.5. The number of unbranched alkanes of at least 4 members (excludes halogenated alkanes) is 7. The van der Waals surface area contributed by atoms with Gasteiger partial charge < -0.3 is 50.6 Å². The number of anilines is 1. The third kappa shape index (κ3) is 13.3. The molecule has 320 valence electrons. The molecule has 2 aromatic rings. The second kappa shape index (κ2) is 21.6. The number of benzene rings is 2. The van der Waals surface area contributed by atoms with Gasteiger partial charge in [0.25, 0.3) is 0 Å². The molecule has 2 aliphatic heterocycles. The number of aliphatic hydroxyl groups is 4. The number of hydrogen-bond donors (Lipinski definition) is 8. The SMILES string of the molecule is CCCCCCCCCCC(=O)N[C@@H]1[C@H](O[C@@H]2O[C@H](CO)[C@@H](O)[C@H](O)[C@H]2NS(=O)(=O)c2ccc(C)cc2)[C@@H](NC(=O)Nc2cccc(C(F)(F)F)c2)CO[C@@H]1CO. The maximum Gasteiger partial charge on any atom is 0.416 e. The highest BCUT2D eigenvalue weighted by Gasteiger charge is 2.51. The fourth-order valence-corrected chi connectivity index (χ4v) is 8.00. The van der Waals surface area contributed by atoms with Crippen molar-refractivity contribution in [1.82, 2.24) is 15.4 Å². The fraction of sp³-hybridized carbons (Fsp3) is 0.632. The Balaban J connectivity index is 1.61. The molecule has 2 heterocycles. The molecule has 3 amide bonds. The maximum absolute atomic E-state index is 13.5. The first-order valence-corrected chi connectivity index (χ1v) is 20.7. The van der Waals surface area contributed by atoms with Gasteiger partial charge in [-0.25, -0.2) is 17.9 Å². The summed E-state index contributed by atoms with van der Waals surface area (Å²) in [5, 5.41) is 50.0. The zero-order valence-corrected chi connectivity index (χ0v) is 32.8. The molecule has 0 unspecified atom stereocenters. The number of nitrogens with one attached hydrogen (secondary N) is 4. The third-order valence-electron chi connectivity index (χ3n) is 9.96. The number of carbonyl (C=O) groups excluding carboxylic acids is 2. The average molecular weight is 833 g/mol. The van der Waals surface area contributed by atoms with Crippen molar-refractivity contribution in [2.75, 3.05) is 25.1 Å². The van der Waals surface area contributed by atoms with E-state index in [0.29, 0.717) is 6.42 Å². The largest absolute Gasteiger partial charge is 0.416 e. The summed E-state index contributed by atoms with van der Waals surface area (Å²) in [5.41, 5.74) is -0.453. The molecule has 8 N–H and O–H groups in total. The van der Waals surface area contributed by atoms with Crippen LogP contribution in [-0.4, -0.2) is 116 Å². The van der Waals surface area contributed by atoms with Gasteiger partial charge in [0.05, 0.1) is 42.4 Å². The first kappa shape index (κ1) is 46.3. The average Bonchev–Trinajstić information content (AvgIpc) is 3.16. The van der Waals surface area contributed by atoms with Crippen molar-refractivity contribution in [3.63, 3.8) is 0 Å². The number of halogens is 3. The van der Waals surface area contributed by atoms with Crippen LogP contribution in [0.2, 0.25) is 0 Å². The Labute approximate surface area is 330 Å². The highest BCUT2D eigenvalue weighted by Crippen LogP contribution is 2.31. The Bertz CT molecular complexity index is 1690. The van der Waals surface area contributed by atoms with Crippen molar-refractivity contribution < 1.29 is 65.8 Å². The standard InChI is InChI=1S/C38H55F3N4O11S/c1-3-4-5-6-7-8-9-10-14-30(48)44-31-28(20-46)54-22-27(43-37(51)42-25-13-11-12-24(19-25)38(39,40)41)35(31)56-36-32(34(50)33(49)29(21-47)55-36)45-57(52,53)26-17-15-23(2)16-18-26/h11-13,15-19,27-29,31-36,45-47,49-50H,3-10,14,20-22H2,1-2H3,(H,44,48)(H2,42,43,51)/t27-,28+,29+,31-,32+,33+,34+,35+,36-/m0/s1. The van der Waals surface area contributed by atoms with E-state index in [-0.39, 0.29) is 23.6 Å². The van der Waals surface area contributed by atoms with Crippen LogP contribution in [0.15, 0.2) is 53.4 Å². The number of aliphatic hydroxyl groups excluding tert-OH is 4. The first-order chi connectivity index (χ1) is 27.1. The van der Waals surface area contributed by atoms with Crippen molar-refractivity contribution in [1.29, 1.82) is 0 Å². The van der Waals surface area contributed by atoms with Crippen molar-refractivity contribution in [3.8, 4) is 0 Å². The minimum atomic E-state index is -4.69. The topological polar surface area (TPSA) is 225 Å². The van der Waals surface area contributed by atoms with Crippen molar-refractivity contribution in [2.24, 2.45) is 0 Å². The molecule has 15 nitrogen and oxygen atoms in total. The van der Waals surface area contributed by atoms with Crippen molar-refractivity contribution in [2.45, 2.75) is 138 Å².